The van der Waals surface area contributed by atoms with Crippen LogP contribution in [0.3, 0.4) is 0 Å². The average Bonchev–Trinajstić information content (AvgIpc) is 2.96. The number of nitrogens with zero attached hydrogens (tertiary/aromatic N) is 2. The van der Waals surface area contributed by atoms with Crippen molar-refractivity contribution >= 4 is 16.9 Å². The number of carbonyl (C=O) groups is 1. The highest BCUT2D eigenvalue weighted by atomic mass is 16.1. The number of aromatic nitrogens is 3. The Morgan fingerprint density at radius 2 is 1.95 bits per heavy atom. The van der Waals surface area contributed by atoms with Gasteiger partial charge in [-0.3, -0.25) is 4.79 Å². The van der Waals surface area contributed by atoms with Crippen LogP contribution in [0.4, 0.5) is 0 Å². The summed E-state index contributed by atoms with van der Waals surface area (Å²) in [6, 6.07) is 13.5. The second-order valence-electron chi connectivity index (χ2n) is 4.96. The van der Waals surface area contributed by atoms with Gasteiger partial charge in [-0.1, -0.05) is 24.3 Å². The molecule has 0 spiro atoms. The molecule has 0 radical (unpaired) electrons. The molecule has 5 nitrogen and oxygen atoms in total. The Morgan fingerprint density at radius 1 is 1.14 bits per heavy atom. The quantitative estimate of drug-likeness (QED) is 0.770. The first-order chi connectivity index (χ1) is 10.2. The lowest BCUT2D eigenvalue weighted by atomic mass is 10.1. The second-order valence-corrected chi connectivity index (χ2v) is 4.96. The summed E-state index contributed by atoms with van der Waals surface area (Å²) in [5.74, 6) is -0.0894. The monoisotopic (exact) mass is 280 g/mol. The molecule has 2 aromatic carbocycles. The van der Waals surface area contributed by atoms with E-state index in [0.717, 1.165) is 11.9 Å². The summed E-state index contributed by atoms with van der Waals surface area (Å²) < 4.78 is 0. The van der Waals surface area contributed by atoms with Crippen molar-refractivity contribution in [3.63, 3.8) is 0 Å². The lowest BCUT2D eigenvalue weighted by molar-refractivity contribution is 0.0954. The molecular formula is C16H16N4O. The van der Waals surface area contributed by atoms with Crippen LogP contribution in [0.25, 0.3) is 11.0 Å². The molecule has 1 amide bonds. The summed E-state index contributed by atoms with van der Waals surface area (Å²) in [6.07, 6.45) is 0.824. The molecule has 0 aliphatic carbocycles. The minimum Gasteiger partial charge on any atom is -0.352 e. The normalized spacial score (nSPS) is 10.7. The largest absolute Gasteiger partial charge is 0.352 e. The average molecular weight is 280 g/mol. The molecule has 0 fully saturated rings. The Bertz CT molecular complexity index is 779. The van der Waals surface area contributed by atoms with Crippen molar-refractivity contribution in [3.05, 3.63) is 59.2 Å². The van der Waals surface area contributed by atoms with E-state index in [9.17, 15) is 4.79 Å². The van der Waals surface area contributed by atoms with Crippen LogP contribution in [0.2, 0.25) is 0 Å². The van der Waals surface area contributed by atoms with Gasteiger partial charge in [-0.25, -0.2) is 0 Å². The number of hydrogen-bond donors (Lipinski definition) is 2. The van der Waals surface area contributed by atoms with Crippen molar-refractivity contribution in [3.8, 4) is 0 Å². The number of benzene rings is 2. The van der Waals surface area contributed by atoms with Gasteiger partial charge >= 0.3 is 0 Å². The Hall–Kier alpha value is -2.69. The molecule has 0 aliphatic heterocycles. The van der Waals surface area contributed by atoms with Gasteiger partial charge < -0.3 is 5.32 Å². The molecule has 0 saturated heterocycles. The summed E-state index contributed by atoms with van der Waals surface area (Å²) in [7, 11) is 0. The molecule has 0 saturated carbocycles. The van der Waals surface area contributed by atoms with E-state index in [1.165, 1.54) is 11.1 Å². The van der Waals surface area contributed by atoms with Crippen molar-refractivity contribution in [2.24, 2.45) is 0 Å². The van der Waals surface area contributed by atoms with Crippen LogP contribution in [0.15, 0.2) is 42.5 Å². The molecule has 106 valence electrons. The van der Waals surface area contributed by atoms with Crippen molar-refractivity contribution in [2.75, 3.05) is 6.54 Å². The number of hydrogen-bond acceptors (Lipinski definition) is 3. The van der Waals surface area contributed by atoms with E-state index in [0.29, 0.717) is 17.6 Å². The summed E-state index contributed by atoms with van der Waals surface area (Å²) in [5, 5.41) is 13.4. The van der Waals surface area contributed by atoms with Crippen LogP contribution in [0.1, 0.15) is 21.5 Å². The summed E-state index contributed by atoms with van der Waals surface area (Å²) >= 11 is 0. The van der Waals surface area contributed by atoms with Crippen LogP contribution in [0, 0.1) is 6.92 Å². The molecule has 0 unspecified atom stereocenters. The second kappa shape index (κ2) is 5.75. The zero-order valence-corrected chi connectivity index (χ0v) is 11.8. The first-order valence-electron chi connectivity index (χ1n) is 6.87. The lowest BCUT2D eigenvalue weighted by Gasteiger charge is -2.07. The summed E-state index contributed by atoms with van der Waals surface area (Å²) in [6.45, 7) is 2.69. The smallest absolute Gasteiger partial charge is 0.251 e. The fraction of sp³-hybridized carbons (Fsp3) is 0.188. The third-order valence-electron chi connectivity index (χ3n) is 3.52. The van der Waals surface area contributed by atoms with Gasteiger partial charge in [0.2, 0.25) is 0 Å². The molecule has 3 aromatic rings. The predicted molar refractivity (Wildman–Crippen MR) is 81.1 cm³/mol. The molecule has 21 heavy (non-hydrogen) atoms. The molecule has 0 aliphatic rings. The lowest BCUT2D eigenvalue weighted by Crippen LogP contribution is -2.25. The third-order valence-corrected chi connectivity index (χ3v) is 3.52. The molecule has 2 N–H and O–H groups in total. The van der Waals surface area contributed by atoms with Gasteiger partial charge in [0.25, 0.3) is 5.91 Å². The molecule has 0 bridgehead atoms. The fourth-order valence-electron chi connectivity index (χ4n) is 2.28. The minimum absolute atomic E-state index is 0.0894. The topological polar surface area (TPSA) is 70.7 Å². The maximum atomic E-state index is 12.1. The summed E-state index contributed by atoms with van der Waals surface area (Å²) in [4.78, 5) is 12.1. The van der Waals surface area contributed by atoms with Gasteiger partial charge in [0.1, 0.15) is 11.0 Å². The first-order valence-corrected chi connectivity index (χ1v) is 6.87. The molecule has 1 aromatic heterocycles. The number of nitrogens with one attached hydrogen (secondary N) is 2. The molecular weight excluding hydrogens is 264 g/mol. The fourth-order valence-corrected chi connectivity index (χ4v) is 2.28. The van der Waals surface area contributed by atoms with Gasteiger partial charge in [-0.05, 0) is 42.7 Å². The number of aryl methyl sites for hydroxylation is 1. The standard InChI is InChI=1S/C16H16N4O/c1-11-4-2-3-5-12(11)8-9-17-16(21)13-6-7-14-15(10-13)19-20-18-14/h2-7,10H,8-9H2,1H3,(H,17,21)(H,18,19,20). The predicted octanol–water partition coefficient (Wildman–Crippen LogP) is 2.24. The number of H-pyrrole nitrogens is 1. The van der Waals surface area contributed by atoms with Crippen LogP contribution in [-0.4, -0.2) is 27.9 Å². The van der Waals surface area contributed by atoms with E-state index in [4.69, 9.17) is 0 Å². The Balaban J connectivity index is 1.62. The molecule has 0 atom stereocenters. The number of fused-ring (bicyclic) bond motifs is 1. The van der Waals surface area contributed by atoms with E-state index >= 15 is 0 Å². The Kier molecular flexibility index (Phi) is 3.64. The number of aromatic amines is 1. The van der Waals surface area contributed by atoms with Crippen LogP contribution in [0.5, 0.6) is 0 Å². The molecule has 3 rings (SSSR count). The van der Waals surface area contributed by atoms with Crippen LogP contribution >= 0.6 is 0 Å². The van der Waals surface area contributed by atoms with E-state index in [2.05, 4.69) is 39.8 Å². The van der Waals surface area contributed by atoms with Crippen molar-refractivity contribution < 1.29 is 4.79 Å². The Morgan fingerprint density at radius 3 is 2.81 bits per heavy atom. The van der Waals surface area contributed by atoms with Gasteiger partial charge in [-0.15, -0.1) is 0 Å². The SMILES string of the molecule is Cc1ccccc1CCNC(=O)c1ccc2n[nH]nc2c1. The third kappa shape index (κ3) is 2.91. The maximum Gasteiger partial charge on any atom is 0.251 e. The van der Waals surface area contributed by atoms with Gasteiger partial charge in [0, 0.05) is 12.1 Å². The number of carbonyl (C=O) groups excluding carboxylic acids is 1. The number of rotatable bonds is 4. The highest BCUT2D eigenvalue weighted by Crippen LogP contribution is 2.11. The van der Waals surface area contributed by atoms with Gasteiger partial charge in [-0.2, -0.15) is 15.4 Å². The highest BCUT2D eigenvalue weighted by Gasteiger charge is 2.07. The summed E-state index contributed by atoms with van der Waals surface area (Å²) in [5.41, 5.74) is 4.55. The zero-order chi connectivity index (χ0) is 14.7. The van der Waals surface area contributed by atoms with Crippen LogP contribution < -0.4 is 5.32 Å². The van der Waals surface area contributed by atoms with E-state index in [1.807, 2.05) is 12.1 Å². The first kappa shape index (κ1) is 13.3. The van der Waals surface area contributed by atoms with Crippen molar-refractivity contribution in [1.82, 2.24) is 20.7 Å². The van der Waals surface area contributed by atoms with Gasteiger partial charge in [0.15, 0.2) is 0 Å². The van der Waals surface area contributed by atoms with Gasteiger partial charge in [0.05, 0.1) is 0 Å². The van der Waals surface area contributed by atoms with Crippen molar-refractivity contribution in [1.29, 1.82) is 0 Å². The van der Waals surface area contributed by atoms with Crippen LogP contribution in [-0.2, 0) is 6.42 Å². The van der Waals surface area contributed by atoms with Crippen molar-refractivity contribution in [2.45, 2.75) is 13.3 Å². The molecule has 5 heteroatoms. The van der Waals surface area contributed by atoms with E-state index < -0.39 is 0 Å². The van der Waals surface area contributed by atoms with E-state index in [-0.39, 0.29) is 5.91 Å². The van der Waals surface area contributed by atoms with E-state index in [1.54, 1.807) is 18.2 Å². The Labute approximate surface area is 122 Å². The maximum absolute atomic E-state index is 12.1. The highest BCUT2D eigenvalue weighted by molar-refractivity contribution is 5.97. The minimum atomic E-state index is -0.0894. The molecule has 1 heterocycles. The zero-order valence-electron chi connectivity index (χ0n) is 11.8. The number of amides is 1.